The molecular weight excluding hydrogens is 471 g/mol. The maximum atomic E-state index is 11.0. The van der Waals surface area contributed by atoms with Gasteiger partial charge in [-0.3, -0.25) is 0 Å². The van der Waals surface area contributed by atoms with Crippen molar-refractivity contribution in [3.63, 3.8) is 0 Å². The molecule has 1 aliphatic carbocycles. The van der Waals surface area contributed by atoms with E-state index in [2.05, 4.69) is 40.5 Å². The van der Waals surface area contributed by atoms with Crippen LogP contribution in [-0.4, -0.2) is 35.7 Å². The highest BCUT2D eigenvalue weighted by molar-refractivity contribution is 14.0. The molecule has 1 aromatic heterocycles. The molecular formula is C20H29IN4OS. The van der Waals surface area contributed by atoms with E-state index in [1.54, 1.807) is 11.3 Å². The number of rotatable bonds is 6. The van der Waals surface area contributed by atoms with Crippen LogP contribution in [0, 0.1) is 13.8 Å². The summed E-state index contributed by atoms with van der Waals surface area (Å²) < 4.78 is 0. The first-order valence-corrected chi connectivity index (χ1v) is 10.1. The summed E-state index contributed by atoms with van der Waals surface area (Å²) >= 11 is 1.75. The molecule has 1 unspecified atom stereocenters. The Balaban J connectivity index is 0.00000261. The van der Waals surface area contributed by atoms with Crippen LogP contribution in [-0.2, 0) is 18.4 Å². The molecule has 1 aromatic carbocycles. The number of aromatic nitrogens is 1. The van der Waals surface area contributed by atoms with Crippen LogP contribution in [0.2, 0.25) is 0 Å². The fourth-order valence-electron chi connectivity index (χ4n) is 3.32. The van der Waals surface area contributed by atoms with Crippen LogP contribution >= 0.6 is 35.3 Å². The van der Waals surface area contributed by atoms with Gasteiger partial charge in [-0.2, -0.15) is 0 Å². The standard InChI is InChI=1S/C20H28N4OS.HI/c1-4-21-19(22-12-10-18-24-14(2)15(3)26-18)23-13-20(25)11-9-16-7-5-6-8-17(16)20;/h5-8,25H,4,9-13H2,1-3H3,(H2,21,22,23);1H. The lowest BCUT2D eigenvalue weighted by Crippen LogP contribution is -2.39. The highest BCUT2D eigenvalue weighted by Gasteiger charge is 2.36. The average molecular weight is 500 g/mol. The Morgan fingerprint density at radius 3 is 2.78 bits per heavy atom. The third kappa shape index (κ3) is 5.42. The number of fused-ring (bicyclic) bond motifs is 1. The zero-order valence-electron chi connectivity index (χ0n) is 16.2. The van der Waals surface area contributed by atoms with E-state index in [0.717, 1.165) is 54.6 Å². The SMILES string of the molecule is CCNC(=NCC1(O)CCc2ccccc21)NCCc1nc(C)c(C)s1.I. The Morgan fingerprint density at radius 2 is 2.07 bits per heavy atom. The van der Waals surface area contributed by atoms with Gasteiger partial charge in [-0.15, -0.1) is 35.3 Å². The first-order chi connectivity index (χ1) is 12.5. The monoisotopic (exact) mass is 500 g/mol. The van der Waals surface area contributed by atoms with Crippen molar-refractivity contribution in [1.82, 2.24) is 15.6 Å². The number of hydrogen-bond acceptors (Lipinski definition) is 4. The maximum absolute atomic E-state index is 11.0. The summed E-state index contributed by atoms with van der Waals surface area (Å²) in [5, 5.41) is 18.8. The molecule has 0 spiro atoms. The van der Waals surface area contributed by atoms with Crippen LogP contribution in [0.3, 0.4) is 0 Å². The molecule has 0 fully saturated rings. The van der Waals surface area contributed by atoms with E-state index in [1.165, 1.54) is 10.4 Å². The minimum atomic E-state index is -0.859. The number of hydrogen-bond donors (Lipinski definition) is 3. The number of halogens is 1. The molecule has 1 heterocycles. The van der Waals surface area contributed by atoms with Crippen LogP contribution < -0.4 is 10.6 Å². The highest BCUT2D eigenvalue weighted by Crippen LogP contribution is 2.36. The zero-order valence-corrected chi connectivity index (χ0v) is 19.4. The van der Waals surface area contributed by atoms with Gasteiger partial charge in [0.1, 0.15) is 5.60 Å². The Bertz CT molecular complexity index is 773. The van der Waals surface area contributed by atoms with Gasteiger partial charge >= 0.3 is 0 Å². The second kappa shape index (κ2) is 9.84. The van der Waals surface area contributed by atoms with Gasteiger partial charge in [0, 0.05) is 24.4 Å². The third-order valence-electron chi connectivity index (χ3n) is 4.87. The molecule has 0 aliphatic heterocycles. The number of aliphatic hydroxyl groups is 1. The van der Waals surface area contributed by atoms with Crippen LogP contribution in [0.1, 0.15) is 40.1 Å². The number of aryl methyl sites for hydroxylation is 3. The zero-order chi connectivity index (χ0) is 18.6. The number of guanidine groups is 1. The molecule has 27 heavy (non-hydrogen) atoms. The van der Waals surface area contributed by atoms with Crippen LogP contribution in [0.25, 0.3) is 0 Å². The summed E-state index contributed by atoms with van der Waals surface area (Å²) in [5.74, 6) is 0.746. The molecule has 7 heteroatoms. The number of aliphatic imine (C=N–C) groups is 1. The van der Waals surface area contributed by atoms with E-state index in [1.807, 2.05) is 25.1 Å². The summed E-state index contributed by atoms with van der Waals surface area (Å²) in [5.41, 5.74) is 2.52. The molecule has 0 saturated carbocycles. The van der Waals surface area contributed by atoms with Crippen molar-refractivity contribution in [1.29, 1.82) is 0 Å². The predicted molar refractivity (Wildman–Crippen MR) is 123 cm³/mol. The molecule has 5 nitrogen and oxygen atoms in total. The smallest absolute Gasteiger partial charge is 0.191 e. The molecule has 3 N–H and O–H groups in total. The van der Waals surface area contributed by atoms with E-state index in [4.69, 9.17) is 0 Å². The number of thiazole rings is 1. The van der Waals surface area contributed by atoms with Crippen LogP contribution in [0.4, 0.5) is 0 Å². The maximum Gasteiger partial charge on any atom is 0.191 e. The lowest BCUT2D eigenvalue weighted by molar-refractivity contribution is 0.0485. The summed E-state index contributed by atoms with van der Waals surface area (Å²) in [4.78, 5) is 10.5. The molecule has 1 aliphatic rings. The Morgan fingerprint density at radius 1 is 1.30 bits per heavy atom. The van der Waals surface area contributed by atoms with Crippen molar-refractivity contribution in [3.8, 4) is 0 Å². The van der Waals surface area contributed by atoms with Gasteiger partial charge in [0.2, 0.25) is 0 Å². The lowest BCUT2D eigenvalue weighted by atomic mass is 9.96. The molecule has 3 rings (SSSR count). The fraction of sp³-hybridized carbons (Fsp3) is 0.500. The largest absolute Gasteiger partial charge is 0.383 e. The summed E-state index contributed by atoms with van der Waals surface area (Å²) in [7, 11) is 0. The van der Waals surface area contributed by atoms with Crippen molar-refractivity contribution in [2.45, 2.75) is 45.6 Å². The van der Waals surface area contributed by atoms with Crippen LogP contribution in [0.15, 0.2) is 29.3 Å². The Labute approximate surface area is 182 Å². The molecule has 1 atom stereocenters. The fourth-order valence-corrected chi connectivity index (χ4v) is 4.25. The van der Waals surface area contributed by atoms with Gasteiger partial charge in [0.05, 0.1) is 17.2 Å². The molecule has 0 radical (unpaired) electrons. The third-order valence-corrected chi connectivity index (χ3v) is 6.01. The molecule has 0 saturated heterocycles. The summed E-state index contributed by atoms with van der Waals surface area (Å²) in [6, 6.07) is 8.13. The van der Waals surface area contributed by atoms with E-state index >= 15 is 0 Å². The molecule has 0 amide bonds. The molecule has 2 aromatic rings. The van der Waals surface area contributed by atoms with Crippen molar-refractivity contribution >= 4 is 41.3 Å². The molecule has 148 valence electrons. The van der Waals surface area contributed by atoms with Gasteiger partial charge in [-0.25, -0.2) is 9.98 Å². The van der Waals surface area contributed by atoms with Gasteiger partial charge in [0.25, 0.3) is 0 Å². The van der Waals surface area contributed by atoms with Gasteiger partial charge in [-0.05, 0) is 44.7 Å². The minimum absolute atomic E-state index is 0. The van der Waals surface area contributed by atoms with Crippen molar-refractivity contribution in [2.24, 2.45) is 4.99 Å². The van der Waals surface area contributed by atoms with Gasteiger partial charge in [-0.1, -0.05) is 24.3 Å². The second-order valence-corrected chi connectivity index (χ2v) is 8.10. The summed E-state index contributed by atoms with van der Waals surface area (Å²) in [6.07, 6.45) is 2.51. The first kappa shape index (κ1) is 22.1. The quantitative estimate of drug-likeness (QED) is 0.324. The highest BCUT2D eigenvalue weighted by atomic mass is 127. The predicted octanol–water partition coefficient (Wildman–Crippen LogP) is 3.31. The molecule has 0 bridgehead atoms. The second-order valence-electron chi connectivity index (χ2n) is 6.81. The van der Waals surface area contributed by atoms with E-state index in [9.17, 15) is 5.11 Å². The van der Waals surface area contributed by atoms with E-state index in [0.29, 0.717) is 6.54 Å². The van der Waals surface area contributed by atoms with Crippen molar-refractivity contribution in [2.75, 3.05) is 19.6 Å². The minimum Gasteiger partial charge on any atom is -0.383 e. The first-order valence-electron chi connectivity index (χ1n) is 9.27. The average Bonchev–Trinajstić information content (AvgIpc) is 3.13. The topological polar surface area (TPSA) is 69.5 Å². The van der Waals surface area contributed by atoms with E-state index < -0.39 is 5.60 Å². The lowest BCUT2D eigenvalue weighted by Gasteiger charge is -2.22. The number of nitrogens with one attached hydrogen (secondary N) is 2. The number of nitrogens with zero attached hydrogens (tertiary/aromatic N) is 2. The van der Waals surface area contributed by atoms with Crippen LogP contribution in [0.5, 0.6) is 0 Å². The van der Waals surface area contributed by atoms with E-state index in [-0.39, 0.29) is 24.0 Å². The van der Waals surface area contributed by atoms with Crippen molar-refractivity contribution in [3.05, 3.63) is 51.0 Å². The number of benzene rings is 1. The summed E-state index contributed by atoms with van der Waals surface area (Å²) in [6.45, 7) is 8.13. The van der Waals surface area contributed by atoms with Gasteiger partial charge in [0.15, 0.2) is 5.96 Å². The van der Waals surface area contributed by atoms with Gasteiger partial charge < -0.3 is 15.7 Å². The Kier molecular flexibility index (Phi) is 8.05. The Hall–Kier alpha value is -1.19. The van der Waals surface area contributed by atoms with Crippen molar-refractivity contribution < 1.29 is 5.11 Å². The normalized spacial score (nSPS) is 18.7.